The van der Waals surface area contributed by atoms with E-state index >= 15 is 0 Å². The molecule has 160 valence electrons. The van der Waals surface area contributed by atoms with E-state index in [1.807, 2.05) is 47.8 Å². The molecule has 3 rings (SSSR count). The molecule has 0 spiro atoms. The average Bonchev–Trinajstić information content (AvgIpc) is 2.75. The number of ether oxygens (including phenoxy) is 2. The molecular weight excluding hydrogens is 465 g/mol. The number of carbonyl (C=O) groups is 2. The van der Waals surface area contributed by atoms with Gasteiger partial charge in [-0.05, 0) is 60.7 Å². The van der Waals surface area contributed by atoms with Crippen LogP contribution in [0.25, 0.3) is 0 Å². The van der Waals surface area contributed by atoms with Crippen molar-refractivity contribution in [1.29, 1.82) is 0 Å². The van der Waals surface area contributed by atoms with Crippen LogP contribution in [0.5, 0.6) is 5.75 Å². The third kappa shape index (κ3) is 6.74. The molecule has 2 aromatic carbocycles. The highest BCUT2D eigenvalue weighted by Crippen LogP contribution is 2.43. The SMILES string of the molecule is CC(OC(=O)COc1ccc(C2SCCCS2)cc1)C(=O)Nc1ccc(Cl)cc1Cl. The monoisotopic (exact) mass is 485 g/mol. The van der Waals surface area contributed by atoms with E-state index < -0.39 is 18.0 Å². The van der Waals surface area contributed by atoms with E-state index in [4.69, 9.17) is 32.7 Å². The van der Waals surface area contributed by atoms with Gasteiger partial charge in [-0.15, -0.1) is 23.5 Å². The summed E-state index contributed by atoms with van der Waals surface area (Å²) in [6.07, 6.45) is 0.244. The Hall–Kier alpha value is -1.54. The van der Waals surface area contributed by atoms with Crippen LogP contribution in [-0.4, -0.2) is 36.1 Å². The van der Waals surface area contributed by atoms with Gasteiger partial charge in [0.15, 0.2) is 12.7 Å². The van der Waals surface area contributed by atoms with E-state index in [0.29, 0.717) is 26.1 Å². The predicted molar refractivity (Wildman–Crippen MR) is 125 cm³/mol. The number of nitrogens with one attached hydrogen (secondary N) is 1. The van der Waals surface area contributed by atoms with Crippen molar-refractivity contribution in [2.45, 2.75) is 24.0 Å². The second-order valence-electron chi connectivity index (χ2n) is 6.53. The van der Waals surface area contributed by atoms with E-state index in [1.54, 1.807) is 12.1 Å². The Morgan fingerprint density at radius 2 is 1.83 bits per heavy atom. The number of amides is 1. The van der Waals surface area contributed by atoms with Crippen LogP contribution >= 0.6 is 46.7 Å². The van der Waals surface area contributed by atoms with Crippen LogP contribution in [0, 0.1) is 0 Å². The lowest BCUT2D eigenvalue weighted by atomic mass is 10.2. The van der Waals surface area contributed by atoms with Crippen LogP contribution < -0.4 is 10.1 Å². The molecule has 1 N–H and O–H groups in total. The summed E-state index contributed by atoms with van der Waals surface area (Å²) in [5.74, 6) is 1.79. The van der Waals surface area contributed by atoms with Crippen LogP contribution in [0.1, 0.15) is 23.5 Å². The highest BCUT2D eigenvalue weighted by molar-refractivity contribution is 8.16. The smallest absolute Gasteiger partial charge is 0.344 e. The van der Waals surface area contributed by atoms with Crippen molar-refractivity contribution < 1.29 is 19.1 Å². The van der Waals surface area contributed by atoms with Gasteiger partial charge in [0.2, 0.25) is 0 Å². The Bertz CT molecular complexity index is 889. The summed E-state index contributed by atoms with van der Waals surface area (Å²) < 4.78 is 11.1. The largest absolute Gasteiger partial charge is 0.482 e. The lowest BCUT2D eigenvalue weighted by Crippen LogP contribution is -2.31. The number of benzene rings is 2. The van der Waals surface area contributed by atoms with Gasteiger partial charge in [-0.1, -0.05) is 35.3 Å². The Balaban J connectivity index is 1.44. The van der Waals surface area contributed by atoms with E-state index in [9.17, 15) is 9.59 Å². The van der Waals surface area contributed by atoms with Crippen molar-refractivity contribution in [3.05, 3.63) is 58.1 Å². The quantitative estimate of drug-likeness (QED) is 0.499. The van der Waals surface area contributed by atoms with Gasteiger partial charge in [-0.2, -0.15) is 0 Å². The van der Waals surface area contributed by atoms with Gasteiger partial charge in [0.05, 0.1) is 15.3 Å². The number of hydrogen-bond acceptors (Lipinski definition) is 6. The molecule has 1 atom stereocenters. The normalized spacial score (nSPS) is 15.3. The number of rotatable bonds is 7. The summed E-state index contributed by atoms with van der Waals surface area (Å²) in [6, 6.07) is 12.4. The number of carbonyl (C=O) groups excluding carboxylic acids is 2. The highest BCUT2D eigenvalue weighted by atomic mass is 35.5. The summed E-state index contributed by atoms with van der Waals surface area (Å²) in [7, 11) is 0. The molecule has 2 aromatic rings. The predicted octanol–water partition coefficient (Wildman–Crippen LogP) is 5.81. The van der Waals surface area contributed by atoms with Gasteiger partial charge in [-0.3, -0.25) is 4.79 Å². The van der Waals surface area contributed by atoms with Gasteiger partial charge in [0.25, 0.3) is 5.91 Å². The molecular formula is C21H21Cl2NO4S2. The fourth-order valence-electron chi connectivity index (χ4n) is 2.65. The maximum absolute atomic E-state index is 12.2. The lowest BCUT2D eigenvalue weighted by molar-refractivity contribution is -0.155. The molecule has 30 heavy (non-hydrogen) atoms. The van der Waals surface area contributed by atoms with E-state index in [2.05, 4.69) is 5.32 Å². The molecule has 0 aromatic heterocycles. The van der Waals surface area contributed by atoms with Crippen LogP contribution in [0.2, 0.25) is 10.0 Å². The van der Waals surface area contributed by atoms with E-state index in [1.165, 1.54) is 36.5 Å². The summed E-state index contributed by atoms with van der Waals surface area (Å²) in [4.78, 5) is 24.3. The Kier molecular flexibility index (Phi) is 8.62. The first kappa shape index (κ1) is 23.1. The molecule has 1 unspecified atom stereocenters. The molecule has 5 nitrogen and oxygen atoms in total. The number of thioether (sulfide) groups is 2. The first-order valence-electron chi connectivity index (χ1n) is 9.34. The Morgan fingerprint density at radius 1 is 1.13 bits per heavy atom. The lowest BCUT2D eigenvalue weighted by Gasteiger charge is -2.21. The van der Waals surface area contributed by atoms with Crippen molar-refractivity contribution in [3.8, 4) is 5.75 Å². The summed E-state index contributed by atoms with van der Waals surface area (Å²) in [5.41, 5.74) is 1.63. The van der Waals surface area contributed by atoms with Crippen molar-refractivity contribution in [1.82, 2.24) is 0 Å². The highest BCUT2D eigenvalue weighted by Gasteiger charge is 2.20. The van der Waals surface area contributed by atoms with Gasteiger partial charge < -0.3 is 14.8 Å². The number of anilines is 1. The average molecular weight is 486 g/mol. The van der Waals surface area contributed by atoms with Crippen LogP contribution in [0.15, 0.2) is 42.5 Å². The molecule has 9 heteroatoms. The van der Waals surface area contributed by atoms with E-state index in [-0.39, 0.29) is 6.61 Å². The third-order valence-corrected chi connectivity index (χ3v) is 7.77. The van der Waals surface area contributed by atoms with Crippen LogP contribution in [0.3, 0.4) is 0 Å². The molecule has 1 aliphatic rings. The van der Waals surface area contributed by atoms with Crippen molar-refractivity contribution in [2.24, 2.45) is 0 Å². The zero-order valence-electron chi connectivity index (χ0n) is 16.2. The van der Waals surface area contributed by atoms with Gasteiger partial charge in [-0.25, -0.2) is 4.79 Å². The standard InChI is InChI=1S/C21H21Cl2NO4S2/c1-13(20(26)24-18-8-5-15(22)11-17(18)23)28-19(25)12-27-16-6-3-14(4-7-16)21-29-9-2-10-30-21/h3-8,11,13,21H,2,9-10,12H2,1H3,(H,24,26). The molecule has 0 aliphatic carbocycles. The second-order valence-corrected chi connectivity index (χ2v) is 10.1. The zero-order valence-corrected chi connectivity index (χ0v) is 19.4. The zero-order chi connectivity index (χ0) is 21.5. The first-order chi connectivity index (χ1) is 14.4. The summed E-state index contributed by atoms with van der Waals surface area (Å²) in [5, 5.41) is 3.36. The third-order valence-electron chi connectivity index (χ3n) is 4.20. The van der Waals surface area contributed by atoms with Crippen molar-refractivity contribution in [2.75, 3.05) is 23.4 Å². The van der Waals surface area contributed by atoms with Gasteiger partial charge >= 0.3 is 5.97 Å². The Labute approximate surface area is 194 Å². The van der Waals surface area contributed by atoms with Crippen LogP contribution in [-0.2, 0) is 14.3 Å². The number of hydrogen-bond donors (Lipinski definition) is 1. The molecule has 1 fully saturated rings. The van der Waals surface area contributed by atoms with Crippen LogP contribution in [0.4, 0.5) is 5.69 Å². The maximum Gasteiger partial charge on any atom is 0.344 e. The minimum absolute atomic E-state index is 0.286. The Morgan fingerprint density at radius 3 is 2.50 bits per heavy atom. The molecule has 1 amide bonds. The fraction of sp³-hybridized carbons (Fsp3) is 0.333. The van der Waals surface area contributed by atoms with E-state index in [0.717, 1.165) is 0 Å². The fourth-order valence-corrected chi connectivity index (χ4v) is 6.00. The molecule has 0 radical (unpaired) electrons. The van der Waals surface area contributed by atoms with Crippen molar-refractivity contribution in [3.63, 3.8) is 0 Å². The minimum atomic E-state index is -1.00. The maximum atomic E-state index is 12.2. The summed E-state index contributed by atoms with van der Waals surface area (Å²) >= 11 is 15.8. The van der Waals surface area contributed by atoms with Gasteiger partial charge in [0, 0.05) is 5.02 Å². The van der Waals surface area contributed by atoms with Gasteiger partial charge in [0.1, 0.15) is 5.75 Å². The minimum Gasteiger partial charge on any atom is -0.482 e. The molecule has 1 heterocycles. The molecule has 0 saturated carbocycles. The summed E-state index contributed by atoms with van der Waals surface area (Å²) in [6.45, 7) is 1.19. The topological polar surface area (TPSA) is 64.6 Å². The number of esters is 1. The molecule has 1 aliphatic heterocycles. The van der Waals surface area contributed by atoms with Crippen molar-refractivity contribution >= 4 is 64.3 Å². The first-order valence-corrected chi connectivity index (χ1v) is 12.2. The molecule has 0 bridgehead atoms. The second kappa shape index (κ2) is 11.2. The number of halogens is 2. The molecule has 1 saturated heterocycles.